The minimum Gasteiger partial charge on any atom is -0.370 e. The zero-order chi connectivity index (χ0) is 16.2. The number of nitrogens with zero attached hydrogens (tertiary/aromatic N) is 2. The Morgan fingerprint density at radius 1 is 1.22 bits per heavy atom. The number of aromatic nitrogens is 1. The van der Waals surface area contributed by atoms with Gasteiger partial charge in [-0.3, -0.25) is 4.79 Å². The maximum atomic E-state index is 12.7. The Morgan fingerprint density at radius 3 is 2.70 bits per heavy atom. The Hall–Kier alpha value is -1.75. The average molecular weight is 376 g/mol. The van der Waals surface area contributed by atoms with Crippen molar-refractivity contribution in [3.05, 3.63) is 46.7 Å². The second-order valence-electron chi connectivity index (χ2n) is 5.85. The van der Waals surface area contributed by atoms with E-state index < -0.39 is 0 Å². The van der Waals surface area contributed by atoms with Crippen LogP contribution in [0.1, 0.15) is 36.7 Å². The van der Waals surface area contributed by atoms with Gasteiger partial charge in [0.05, 0.1) is 11.4 Å². The van der Waals surface area contributed by atoms with Crippen molar-refractivity contribution >= 4 is 33.2 Å². The van der Waals surface area contributed by atoms with Crippen LogP contribution < -0.4 is 10.2 Å². The standard InChI is InChI=1S/C18H22BrN3O/c1-2-21-13-14(19)12-17(21)18(23)20-15-8-4-5-9-16(15)22-10-6-3-7-11-22/h4-5,8-9,12-13H,2-3,6-7,10-11H2,1H3,(H,20,23). The molecule has 1 saturated heterocycles. The van der Waals surface area contributed by atoms with Crippen molar-refractivity contribution in [3.63, 3.8) is 0 Å². The van der Waals surface area contributed by atoms with Gasteiger partial charge in [0.15, 0.2) is 0 Å². The van der Waals surface area contributed by atoms with E-state index in [1.54, 1.807) is 0 Å². The fraction of sp³-hybridized carbons (Fsp3) is 0.389. The highest BCUT2D eigenvalue weighted by Crippen LogP contribution is 2.29. The molecule has 4 nitrogen and oxygen atoms in total. The molecule has 0 aliphatic carbocycles. The molecule has 3 rings (SSSR count). The first-order valence-corrected chi connectivity index (χ1v) is 8.99. The molecular weight excluding hydrogens is 354 g/mol. The minimum atomic E-state index is -0.0676. The van der Waals surface area contributed by atoms with E-state index in [0.29, 0.717) is 5.69 Å². The van der Waals surface area contributed by atoms with Crippen molar-refractivity contribution in [2.45, 2.75) is 32.7 Å². The van der Waals surface area contributed by atoms with Gasteiger partial charge < -0.3 is 14.8 Å². The molecule has 0 atom stereocenters. The number of para-hydroxylation sites is 2. The molecule has 0 radical (unpaired) electrons. The molecule has 1 aromatic heterocycles. The third-order valence-electron chi connectivity index (χ3n) is 4.29. The molecule has 1 aromatic carbocycles. The number of nitrogens with one attached hydrogen (secondary N) is 1. The third kappa shape index (κ3) is 3.61. The van der Waals surface area contributed by atoms with E-state index in [2.05, 4.69) is 32.2 Å². The van der Waals surface area contributed by atoms with Crippen LogP contribution in [0.3, 0.4) is 0 Å². The van der Waals surface area contributed by atoms with Gasteiger partial charge in [-0.2, -0.15) is 0 Å². The molecule has 5 heteroatoms. The molecule has 1 aliphatic rings. The first-order chi connectivity index (χ1) is 11.2. The number of carbonyl (C=O) groups excluding carboxylic acids is 1. The zero-order valence-corrected chi connectivity index (χ0v) is 15.0. The minimum absolute atomic E-state index is 0.0676. The summed E-state index contributed by atoms with van der Waals surface area (Å²) in [6, 6.07) is 9.94. The molecule has 0 spiro atoms. The van der Waals surface area contributed by atoms with Gasteiger partial charge in [-0.05, 0) is 60.3 Å². The largest absolute Gasteiger partial charge is 0.370 e. The second kappa shape index (κ2) is 7.21. The number of halogens is 1. The Kier molecular flexibility index (Phi) is 5.06. The highest BCUT2D eigenvalue weighted by molar-refractivity contribution is 9.10. The summed E-state index contributed by atoms with van der Waals surface area (Å²) >= 11 is 3.45. The number of amides is 1. The normalized spacial score (nSPS) is 14.8. The lowest BCUT2D eigenvalue weighted by molar-refractivity contribution is 0.101. The molecule has 2 aromatic rings. The molecule has 0 bridgehead atoms. The van der Waals surface area contributed by atoms with Crippen molar-refractivity contribution in [1.29, 1.82) is 0 Å². The molecular formula is C18H22BrN3O. The van der Waals surface area contributed by atoms with Crippen LogP contribution in [-0.2, 0) is 6.54 Å². The molecule has 0 saturated carbocycles. The van der Waals surface area contributed by atoms with Gasteiger partial charge in [0, 0.05) is 30.3 Å². The molecule has 1 N–H and O–H groups in total. The smallest absolute Gasteiger partial charge is 0.272 e. The lowest BCUT2D eigenvalue weighted by Crippen LogP contribution is -2.30. The van der Waals surface area contributed by atoms with Gasteiger partial charge in [-0.25, -0.2) is 0 Å². The van der Waals surface area contributed by atoms with Gasteiger partial charge in [0.25, 0.3) is 5.91 Å². The Labute approximate surface area is 145 Å². The SMILES string of the molecule is CCn1cc(Br)cc1C(=O)Nc1ccccc1N1CCCCC1. The van der Waals surface area contributed by atoms with Crippen LogP contribution in [0.25, 0.3) is 0 Å². The predicted octanol–water partition coefficient (Wildman–Crippen LogP) is 4.51. The molecule has 0 unspecified atom stereocenters. The van der Waals surface area contributed by atoms with E-state index in [1.165, 1.54) is 19.3 Å². The van der Waals surface area contributed by atoms with Crippen LogP contribution in [0.15, 0.2) is 41.0 Å². The van der Waals surface area contributed by atoms with Crippen LogP contribution >= 0.6 is 15.9 Å². The summed E-state index contributed by atoms with van der Waals surface area (Å²) in [5, 5.41) is 3.09. The molecule has 1 fully saturated rings. The number of benzene rings is 1. The Balaban J connectivity index is 1.83. The van der Waals surface area contributed by atoms with Crippen molar-refractivity contribution in [1.82, 2.24) is 4.57 Å². The van der Waals surface area contributed by atoms with E-state index in [1.807, 2.05) is 42.0 Å². The molecule has 1 amide bonds. The maximum Gasteiger partial charge on any atom is 0.272 e. The van der Waals surface area contributed by atoms with Gasteiger partial charge in [0.1, 0.15) is 5.69 Å². The summed E-state index contributed by atoms with van der Waals surface area (Å²) < 4.78 is 2.87. The maximum absolute atomic E-state index is 12.7. The summed E-state index contributed by atoms with van der Waals surface area (Å²) in [4.78, 5) is 15.0. The van der Waals surface area contributed by atoms with Crippen LogP contribution in [-0.4, -0.2) is 23.6 Å². The summed E-state index contributed by atoms with van der Waals surface area (Å²) in [7, 11) is 0. The van der Waals surface area contributed by atoms with Crippen LogP contribution in [0.5, 0.6) is 0 Å². The topological polar surface area (TPSA) is 37.3 Å². The van der Waals surface area contributed by atoms with E-state index in [0.717, 1.165) is 35.5 Å². The lowest BCUT2D eigenvalue weighted by Gasteiger charge is -2.30. The fourth-order valence-corrected chi connectivity index (χ4v) is 3.57. The third-order valence-corrected chi connectivity index (χ3v) is 4.72. The van der Waals surface area contributed by atoms with Gasteiger partial charge in [0.2, 0.25) is 0 Å². The van der Waals surface area contributed by atoms with E-state index in [9.17, 15) is 4.79 Å². The van der Waals surface area contributed by atoms with Crippen molar-refractivity contribution in [2.75, 3.05) is 23.3 Å². The summed E-state index contributed by atoms with van der Waals surface area (Å²) in [5.74, 6) is -0.0676. The Bertz CT molecular complexity index is 689. The molecule has 122 valence electrons. The van der Waals surface area contributed by atoms with Crippen LogP contribution in [0.4, 0.5) is 11.4 Å². The molecule has 1 aliphatic heterocycles. The zero-order valence-electron chi connectivity index (χ0n) is 13.4. The number of aryl methyl sites for hydroxylation is 1. The van der Waals surface area contributed by atoms with Crippen LogP contribution in [0.2, 0.25) is 0 Å². The summed E-state index contributed by atoms with van der Waals surface area (Å²) in [6.45, 7) is 4.92. The van der Waals surface area contributed by atoms with E-state index in [-0.39, 0.29) is 5.91 Å². The monoisotopic (exact) mass is 375 g/mol. The highest BCUT2D eigenvalue weighted by atomic mass is 79.9. The predicted molar refractivity (Wildman–Crippen MR) is 98.3 cm³/mol. The second-order valence-corrected chi connectivity index (χ2v) is 6.76. The van der Waals surface area contributed by atoms with Gasteiger partial charge in [-0.15, -0.1) is 0 Å². The first kappa shape index (κ1) is 16.1. The van der Waals surface area contributed by atoms with Crippen LogP contribution in [0, 0.1) is 0 Å². The summed E-state index contributed by atoms with van der Waals surface area (Å²) in [5.41, 5.74) is 2.68. The molecule has 2 heterocycles. The fourth-order valence-electron chi connectivity index (χ4n) is 3.10. The van der Waals surface area contributed by atoms with Crippen molar-refractivity contribution in [2.24, 2.45) is 0 Å². The van der Waals surface area contributed by atoms with E-state index >= 15 is 0 Å². The number of anilines is 2. The Morgan fingerprint density at radius 2 is 1.96 bits per heavy atom. The number of piperidine rings is 1. The lowest BCUT2D eigenvalue weighted by atomic mass is 10.1. The summed E-state index contributed by atoms with van der Waals surface area (Å²) in [6.07, 6.45) is 5.66. The van der Waals surface area contributed by atoms with E-state index in [4.69, 9.17) is 0 Å². The van der Waals surface area contributed by atoms with Crippen molar-refractivity contribution in [3.8, 4) is 0 Å². The van der Waals surface area contributed by atoms with Gasteiger partial charge >= 0.3 is 0 Å². The first-order valence-electron chi connectivity index (χ1n) is 8.20. The average Bonchev–Trinajstić information content (AvgIpc) is 2.97. The van der Waals surface area contributed by atoms with Crippen molar-refractivity contribution < 1.29 is 4.79 Å². The highest BCUT2D eigenvalue weighted by Gasteiger charge is 2.17. The number of hydrogen-bond acceptors (Lipinski definition) is 2. The quantitative estimate of drug-likeness (QED) is 0.852. The van der Waals surface area contributed by atoms with Gasteiger partial charge in [-0.1, -0.05) is 12.1 Å². The number of hydrogen-bond donors (Lipinski definition) is 1. The molecule has 23 heavy (non-hydrogen) atoms. The number of rotatable bonds is 4. The number of carbonyl (C=O) groups is 1.